The van der Waals surface area contributed by atoms with Gasteiger partial charge in [0.1, 0.15) is 0 Å². The number of aliphatic carboxylic acids is 1. The summed E-state index contributed by atoms with van der Waals surface area (Å²) in [7, 11) is 0. The molecule has 0 spiro atoms. The molecule has 19 heavy (non-hydrogen) atoms. The first-order chi connectivity index (χ1) is 8.86. The first-order valence-corrected chi connectivity index (χ1v) is 5.89. The number of hydrazine groups is 1. The van der Waals surface area contributed by atoms with E-state index in [4.69, 9.17) is 28.3 Å². The molecular weight excluding hydrogens is 266 g/mol. The molecule has 6 heteroatoms. The number of nitrogens with two attached hydrogens (primary N) is 2. The smallest absolute Gasteiger partial charge is 0.355 e. The minimum Gasteiger partial charge on any atom is -0.476 e. The Kier molecular flexibility index (Phi) is 4.97. The topological polar surface area (TPSA) is 101 Å². The summed E-state index contributed by atoms with van der Waals surface area (Å²) in [6.45, 7) is 3.67. The van der Waals surface area contributed by atoms with Crippen LogP contribution in [0.25, 0.3) is 11.8 Å². The second-order valence-corrected chi connectivity index (χ2v) is 4.64. The predicted molar refractivity (Wildman–Crippen MR) is 76.7 cm³/mol. The molecule has 5 nitrogen and oxygen atoms in total. The number of carboxylic acid groups (broad SMARTS) is 1. The quantitative estimate of drug-likeness (QED) is 0.383. The van der Waals surface area contributed by atoms with Crippen LogP contribution in [0.3, 0.4) is 0 Å². The highest BCUT2D eigenvalue weighted by Gasteiger charge is 2.12. The van der Waals surface area contributed by atoms with Gasteiger partial charge in [0, 0.05) is 10.6 Å². The van der Waals surface area contributed by atoms with Crippen molar-refractivity contribution in [3.8, 4) is 0 Å². The second kappa shape index (κ2) is 6.26. The third kappa shape index (κ3) is 3.74. The maximum atomic E-state index is 10.9. The largest absolute Gasteiger partial charge is 0.476 e. The molecule has 102 valence electrons. The van der Waals surface area contributed by atoms with Gasteiger partial charge in [-0.2, -0.15) is 0 Å². The van der Waals surface area contributed by atoms with E-state index in [0.29, 0.717) is 10.6 Å². The Morgan fingerprint density at radius 1 is 1.47 bits per heavy atom. The summed E-state index contributed by atoms with van der Waals surface area (Å²) in [4.78, 5) is 10.9. The molecule has 0 radical (unpaired) electrons. The third-order valence-electron chi connectivity index (χ3n) is 2.56. The summed E-state index contributed by atoms with van der Waals surface area (Å²) in [6.07, 6.45) is 1.82. The van der Waals surface area contributed by atoms with E-state index < -0.39 is 5.97 Å². The fourth-order valence-corrected chi connectivity index (χ4v) is 1.74. The monoisotopic (exact) mass is 281 g/mol. The molecule has 0 bridgehead atoms. The van der Waals surface area contributed by atoms with E-state index >= 15 is 0 Å². The van der Waals surface area contributed by atoms with Crippen LogP contribution in [0.15, 0.2) is 28.9 Å². The van der Waals surface area contributed by atoms with Crippen LogP contribution in [-0.2, 0) is 4.79 Å². The van der Waals surface area contributed by atoms with E-state index in [9.17, 15) is 4.79 Å². The lowest BCUT2D eigenvalue weighted by Crippen LogP contribution is -2.29. The van der Waals surface area contributed by atoms with Crippen molar-refractivity contribution in [2.24, 2.45) is 11.6 Å². The predicted octanol–water partition coefficient (Wildman–Crippen LogP) is 1.77. The number of benzene rings is 1. The van der Waals surface area contributed by atoms with Gasteiger partial charge in [0.05, 0.1) is 5.70 Å². The fraction of sp³-hybridized carbons (Fsp3) is 0.154. The molecule has 0 unspecified atom stereocenters. The Labute approximate surface area is 116 Å². The highest BCUT2D eigenvalue weighted by atomic mass is 35.5. The summed E-state index contributed by atoms with van der Waals surface area (Å²) in [6, 6.07) is 5.31. The van der Waals surface area contributed by atoms with Crippen LogP contribution in [0, 0.1) is 6.92 Å². The van der Waals surface area contributed by atoms with E-state index in [1.54, 1.807) is 19.1 Å². The lowest BCUT2D eigenvalue weighted by Gasteiger charge is -2.10. The normalized spacial score (nSPS) is 12.9. The molecule has 0 aliphatic heterocycles. The van der Waals surface area contributed by atoms with Gasteiger partial charge in [0.2, 0.25) is 0 Å². The van der Waals surface area contributed by atoms with Gasteiger partial charge in [-0.05, 0) is 37.1 Å². The Bertz CT molecular complexity index is 561. The fourth-order valence-electron chi connectivity index (χ4n) is 1.62. The van der Waals surface area contributed by atoms with Crippen molar-refractivity contribution < 1.29 is 9.90 Å². The van der Waals surface area contributed by atoms with Gasteiger partial charge in [-0.1, -0.05) is 23.7 Å². The molecule has 1 rings (SSSR count). The van der Waals surface area contributed by atoms with Crippen molar-refractivity contribution in [2.75, 3.05) is 0 Å². The van der Waals surface area contributed by atoms with Gasteiger partial charge in [0.25, 0.3) is 0 Å². The van der Waals surface area contributed by atoms with Crippen molar-refractivity contribution in [2.45, 2.75) is 13.8 Å². The van der Waals surface area contributed by atoms with E-state index in [0.717, 1.165) is 11.1 Å². The lowest BCUT2D eigenvalue weighted by molar-refractivity contribution is -0.133. The molecule has 1 aromatic rings. The van der Waals surface area contributed by atoms with Gasteiger partial charge in [0.15, 0.2) is 5.70 Å². The minimum absolute atomic E-state index is 0.0798. The van der Waals surface area contributed by atoms with Gasteiger partial charge in [-0.3, -0.25) is 5.84 Å². The minimum atomic E-state index is -1.21. The average molecular weight is 282 g/mol. The number of carboxylic acids is 1. The number of allylic oxidation sites excluding steroid dienone is 1. The molecule has 0 fully saturated rings. The summed E-state index contributed by atoms with van der Waals surface area (Å²) in [5.41, 5.74) is 10.2. The maximum Gasteiger partial charge on any atom is 0.355 e. The molecular formula is C13H16ClN3O2. The Balaban J connectivity index is 3.28. The average Bonchev–Trinajstić information content (AvgIpc) is 2.31. The number of rotatable bonds is 4. The zero-order chi connectivity index (χ0) is 14.6. The van der Waals surface area contributed by atoms with Crippen LogP contribution in [-0.4, -0.2) is 11.1 Å². The summed E-state index contributed by atoms with van der Waals surface area (Å²) in [5, 5.41) is 9.60. The number of aryl methyl sites for hydroxylation is 1. The molecule has 6 N–H and O–H groups in total. The molecule has 0 aromatic heterocycles. The van der Waals surface area contributed by atoms with Gasteiger partial charge in [-0.15, -0.1) is 0 Å². The Hall–Kier alpha value is -1.98. The molecule has 0 aliphatic carbocycles. The molecule has 1 aromatic carbocycles. The summed E-state index contributed by atoms with van der Waals surface area (Å²) in [5.74, 6) is 3.94. The first kappa shape index (κ1) is 15.1. The Morgan fingerprint density at radius 3 is 2.53 bits per heavy atom. The van der Waals surface area contributed by atoms with Crippen LogP contribution >= 0.6 is 11.6 Å². The molecule has 0 saturated heterocycles. The van der Waals surface area contributed by atoms with Crippen LogP contribution in [0.2, 0.25) is 0 Å². The lowest BCUT2D eigenvalue weighted by atomic mass is 10.0. The van der Waals surface area contributed by atoms with Crippen LogP contribution < -0.4 is 17.0 Å². The zero-order valence-electron chi connectivity index (χ0n) is 10.7. The third-order valence-corrected chi connectivity index (χ3v) is 2.67. The highest BCUT2D eigenvalue weighted by Crippen LogP contribution is 2.20. The number of carbonyl (C=O) groups is 1. The van der Waals surface area contributed by atoms with E-state index in [2.05, 4.69) is 5.43 Å². The molecule has 0 aliphatic rings. The van der Waals surface area contributed by atoms with Crippen molar-refractivity contribution >= 4 is 29.3 Å². The van der Waals surface area contributed by atoms with Gasteiger partial charge in [-0.25, -0.2) is 4.79 Å². The second-order valence-electron chi connectivity index (χ2n) is 4.04. The van der Waals surface area contributed by atoms with E-state index in [-0.39, 0.29) is 11.4 Å². The summed E-state index contributed by atoms with van der Waals surface area (Å²) < 4.78 is 0. The SMILES string of the molecule is C/C(Cl)=C\c1ccc(/C(N)=C(/NN)C(=O)O)cc1C. The number of nitrogens with one attached hydrogen (secondary N) is 1. The van der Waals surface area contributed by atoms with Crippen LogP contribution in [0.5, 0.6) is 0 Å². The molecule has 0 heterocycles. The Morgan fingerprint density at radius 2 is 2.11 bits per heavy atom. The van der Waals surface area contributed by atoms with Crippen molar-refractivity contribution in [3.63, 3.8) is 0 Å². The van der Waals surface area contributed by atoms with Crippen molar-refractivity contribution in [3.05, 3.63) is 45.6 Å². The van der Waals surface area contributed by atoms with Gasteiger partial charge >= 0.3 is 5.97 Å². The number of hydrogen-bond donors (Lipinski definition) is 4. The van der Waals surface area contributed by atoms with Gasteiger partial charge < -0.3 is 16.3 Å². The summed E-state index contributed by atoms with van der Waals surface area (Å²) >= 11 is 5.82. The van der Waals surface area contributed by atoms with Crippen molar-refractivity contribution in [1.82, 2.24) is 5.43 Å². The molecule has 0 saturated carbocycles. The van der Waals surface area contributed by atoms with E-state index in [1.807, 2.05) is 19.1 Å². The van der Waals surface area contributed by atoms with E-state index in [1.165, 1.54) is 0 Å². The number of hydrogen-bond acceptors (Lipinski definition) is 4. The first-order valence-electron chi connectivity index (χ1n) is 5.51. The highest BCUT2D eigenvalue weighted by molar-refractivity contribution is 6.31. The maximum absolute atomic E-state index is 10.9. The number of halogens is 1. The van der Waals surface area contributed by atoms with Crippen molar-refractivity contribution in [1.29, 1.82) is 0 Å². The van der Waals surface area contributed by atoms with Crippen LogP contribution in [0.4, 0.5) is 0 Å². The van der Waals surface area contributed by atoms with Crippen LogP contribution in [0.1, 0.15) is 23.6 Å². The molecule has 0 atom stereocenters. The zero-order valence-corrected chi connectivity index (χ0v) is 11.5. The molecule has 0 amide bonds. The standard InChI is InChI=1S/C13H16ClN3O2/c1-7-5-10(4-3-9(7)6-8(2)14)11(15)12(17-16)13(18)19/h3-6,17H,15-16H2,1-2H3,(H,18,19)/b8-6+,12-11-.